The number of carbonyl (C=O) groups excluding carboxylic acids is 2. The van der Waals surface area contributed by atoms with E-state index in [4.69, 9.17) is 11.5 Å². The Kier molecular flexibility index (Phi) is 7.77. The molecule has 18 heavy (non-hydrogen) atoms. The van der Waals surface area contributed by atoms with Crippen LogP contribution in [0.2, 0.25) is 0 Å². The zero-order valence-corrected chi connectivity index (χ0v) is 10.1. The maximum atomic E-state index is 11.3. The second kappa shape index (κ2) is 8.87. The maximum Gasteiger partial charge on any atom is 0.326 e. The lowest BCUT2D eigenvalue weighted by molar-refractivity contribution is -0.142. The van der Waals surface area contributed by atoms with Gasteiger partial charge in [0.1, 0.15) is 6.04 Å². The molecule has 0 radical (unpaired) electrons. The van der Waals surface area contributed by atoms with Crippen molar-refractivity contribution < 1.29 is 24.2 Å². The summed E-state index contributed by atoms with van der Waals surface area (Å²) in [6, 6.07) is -1.78. The number of esters is 1. The van der Waals surface area contributed by atoms with Gasteiger partial charge in [-0.25, -0.2) is 9.59 Å². The molecule has 0 aromatic heterocycles. The highest BCUT2D eigenvalue weighted by Gasteiger charge is 2.20. The van der Waals surface area contributed by atoms with Crippen molar-refractivity contribution in [2.45, 2.75) is 25.3 Å². The third kappa shape index (κ3) is 7.11. The first kappa shape index (κ1) is 15.8. The number of hydrogen-bond donors (Lipinski definition) is 3. The van der Waals surface area contributed by atoms with Crippen LogP contribution in [0.1, 0.15) is 19.3 Å². The number of aliphatic carboxylic acids is 1. The van der Waals surface area contributed by atoms with Gasteiger partial charge in [0.05, 0.1) is 7.11 Å². The molecule has 1 atom stereocenters. The zero-order valence-electron chi connectivity index (χ0n) is 10.1. The van der Waals surface area contributed by atoms with Crippen molar-refractivity contribution in [2.24, 2.45) is 0 Å². The van der Waals surface area contributed by atoms with Crippen LogP contribution >= 0.6 is 0 Å². The van der Waals surface area contributed by atoms with E-state index >= 15 is 0 Å². The molecule has 0 aliphatic heterocycles. The van der Waals surface area contributed by atoms with Crippen LogP contribution < -0.4 is 10.6 Å². The highest BCUT2D eigenvalue weighted by atomic mass is 16.5. The molecule has 0 aromatic rings. The number of hydrogen-bond acceptors (Lipinski definition) is 4. The Morgan fingerprint density at radius 3 is 2.61 bits per heavy atom. The summed E-state index contributed by atoms with van der Waals surface area (Å²) in [5.74, 6) is 0.578. The predicted octanol–water partition coefficient (Wildman–Crippen LogP) is -0.285. The Labute approximate surface area is 105 Å². The second-order valence-electron chi connectivity index (χ2n) is 3.36. The van der Waals surface area contributed by atoms with E-state index in [1.54, 1.807) is 0 Å². The highest BCUT2D eigenvalue weighted by Crippen LogP contribution is 1.99. The molecule has 0 saturated carbocycles. The van der Waals surface area contributed by atoms with Gasteiger partial charge in [0.15, 0.2) is 0 Å². The van der Waals surface area contributed by atoms with Crippen LogP contribution in [0.15, 0.2) is 0 Å². The third-order valence-electron chi connectivity index (χ3n) is 2.02. The summed E-state index contributed by atoms with van der Waals surface area (Å²) in [7, 11) is 1.21. The minimum absolute atomic E-state index is 0.0371. The Morgan fingerprint density at radius 1 is 1.44 bits per heavy atom. The van der Waals surface area contributed by atoms with Crippen molar-refractivity contribution in [3.05, 3.63) is 0 Å². The first-order valence-electron chi connectivity index (χ1n) is 5.28. The number of terminal acetylenes is 1. The minimum atomic E-state index is -1.22. The average molecular weight is 256 g/mol. The van der Waals surface area contributed by atoms with Crippen LogP contribution in [-0.2, 0) is 14.3 Å². The van der Waals surface area contributed by atoms with E-state index in [-0.39, 0.29) is 19.4 Å². The lowest BCUT2D eigenvalue weighted by atomic mass is 10.1. The molecule has 7 heteroatoms. The molecule has 0 aliphatic rings. The fraction of sp³-hybridized carbons (Fsp3) is 0.545. The molecule has 0 spiro atoms. The normalized spacial score (nSPS) is 10.9. The van der Waals surface area contributed by atoms with Crippen molar-refractivity contribution in [2.75, 3.05) is 13.7 Å². The van der Waals surface area contributed by atoms with Gasteiger partial charge in [0, 0.05) is 19.4 Å². The molecule has 7 nitrogen and oxygen atoms in total. The van der Waals surface area contributed by atoms with Crippen molar-refractivity contribution in [3.63, 3.8) is 0 Å². The van der Waals surface area contributed by atoms with Crippen LogP contribution in [0.5, 0.6) is 0 Å². The molecule has 0 heterocycles. The summed E-state index contributed by atoms with van der Waals surface area (Å²) in [6.07, 6.45) is 5.23. The Hall–Kier alpha value is -2.23. The number of ether oxygens (including phenoxy) is 1. The fourth-order valence-corrected chi connectivity index (χ4v) is 1.08. The number of carboxylic acid groups (broad SMARTS) is 1. The number of carbonyl (C=O) groups is 3. The summed E-state index contributed by atoms with van der Waals surface area (Å²) < 4.78 is 4.38. The van der Waals surface area contributed by atoms with Gasteiger partial charge in [0.2, 0.25) is 0 Å². The summed E-state index contributed by atoms with van der Waals surface area (Å²) in [4.78, 5) is 33.0. The standard InChI is InChI=1S/C11H16N2O5/c1-3-4-7-12-11(17)13-8(10(15)16)5-6-9(14)18-2/h1,8H,4-7H2,2H3,(H,15,16)(H2,12,13,17)/t8-/m0/s1. The fourth-order valence-electron chi connectivity index (χ4n) is 1.08. The SMILES string of the molecule is C#CCCNC(=O)N[C@@H](CCC(=O)OC)C(=O)O. The van der Waals surface area contributed by atoms with Crippen LogP contribution in [0.25, 0.3) is 0 Å². The van der Waals surface area contributed by atoms with Crippen LogP contribution in [-0.4, -0.2) is 42.8 Å². The van der Waals surface area contributed by atoms with Crippen molar-refractivity contribution in [1.82, 2.24) is 10.6 Å². The molecule has 0 aromatic carbocycles. The Bertz CT molecular complexity index is 348. The van der Waals surface area contributed by atoms with E-state index in [1.807, 2.05) is 0 Å². The monoisotopic (exact) mass is 256 g/mol. The van der Waals surface area contributed by atoms with Gasteiger partial charge in [-0.3, -0.25) is 4.79 Å². The van der Waals surface area contributed by atoms with Crippen LogP contribution in [0.4, 0.5) is 4.79 Å². The number of methoxy groups -OCH3 is 1. The van der Waals surface area contributed by atoms with Crippen LogP contribution in [0.3, 0.4) is 0 Å². The molecule has 0 aliphatic carbocycles. The topological polar surface area (TPSA) is 105 Å². The van der Waals surface area contributed by atoms with E-state index in [9.17, 15) is 14.4 Å². The molecular formula is C11H16N2O5. The van der Waals surface area contributed by atoms with Gasteiger partial charge in [-0.2, -0.15) is 0 Å². The lowest BCUT2D eigenvalue weighted by Gasteiger charge is -2.14. The molecule has 0 fully saturated rings. The number of rotatable bonds is 7. The van der Waals surface area contributed by atoms with Crippen molar-refractivity contribution in [1.29, 1.82) is 0 Å². The molecule has 2 amide bonds. The van der Waals surface area contributed by atoms with Gasteiger partial charge >= 0.3 is 18.0 Å². The summed E-state index contributed by atoms with van der Waals surface area (Å²) in [6.45, 7) is 0.256. The molecule has 0 bridgehead atoms. The summed E-state index contributed by atoms with van der Waals surface area (Å²) in [5, 5.41) is 13.5. The maximum absolute atomic E-state index is 11.3. The van der Waals surface area contributed by atoms with E-state index in [1.165, 1.54) is 7.11 Å². The molecular weight excluding hydrogens is 240 g/mol. The molecule has 100 valence electrons. The lowest BCUT2D eigenvalue weighted by Crippen LogP contribution is -2.46. The first-order valence-corrected chi connectivity index (χ1v) is 5.28. The summed E-state index contributed by atoms with van der Waals surface area (Å²) >= 11 is 0. The third-order valence-corrected chi connectivity index (χ3v) is 2.02. The van der Waals surface area contributed by atoms with E-state index in [2.05, 4.69) is 21.3 Å². The van der Waals surface area contributed by atoms with Crippen LogP contribution in [0, 0.1) is 12.3 Å². The molecule has 0 saturated heterocycles. The van der Waals surface area contributed by atoms with Gasteiger partial charge in [0.25, 0.3) is 0 Å². The first-order chi connectivity index (χ1) is 8.51. The van der Waals surface area contributed by atoms with Gasteiger partial charge < -0.3 is 20.5 Å². The quantitative estimate of drug-likeness (QED) is 0.330. The number of carboxylic acids is 1. The number of amides is 2. The van der Waals surface area contributed by atoms with Crippen molar-refractivity contribution in [3.8, 4) is 12.3 Å². The Morgan fingerprint density at radius 2 is 2.11 bits per heavy atom. The van der Waals surface area contributed by atoms with E-state index in [0.717, 1.165) is 0 Å². The molecule has 3 N–H and O–H groups in total. The largest absolute Gasteiger partial charge is 0.480 e. The highest BCUT2D eigenvalue weighted by molar-refractivity contribution is 5.83. The van der Waals surface area contributed by atoms with E-state index < -0.39 is 24.0 Å². The molecule has 0 rings (SSSR count). The Balaban J connectivity index is 4.11. The smallest absolute Gasteiger partial charge is 0.326 e. The van der Waals surface area contributed by atoms with Gasteiger partial charge in [-0.05, 0) is 6.42 Å². The predicted molar refractivity (Wildman–Crippen MR) is 62.7 cm³/mol. The average Bonchev–Trinajstić information content (AvgIpc) is 2.33. The van der Waals surface area contributed by atoms with Gasteiger partial charge in [-0.1, -0.05) is 0 Å². The molecule has 0 unspecified atom stereocenters. The second-order valence-corrected chi connectivity index (χ2v) is 3.36. The minimum Gasteiger partial charge on any atom is -0.480 e. The number of nitrogens with one attached hydrogen (secondary N) is 2. The summed E-state index contributed by atoms with van der Waals surface area (Å²) in [5.41, 5.74) is 0. The van der Waals surface area contributed by atoms with Gasteiger partial charge in [-0.15, -0.1) is 12.3 Å². The number of urea groups is 1. The van der Waals surface area contributed by atoms with Crippen molar-refractivity contribution >= 4 is 18.0 Å². The van der Waals surface area contributed by atoms with E-state index in [0.29, 0.717) is 6.42 Å². The zero-order chi connectivity index (χ0) is 14.0.